The van der Waals surface area contributed by atoms with E-state index in [-0.39, 0.29) is 5.56 Å². The van der Waals surface area contributed by atoms with Crippen molar-refractivity contribution in [3.63, 3.8) is 0 Å². The van der Waals surface area contributed by atoms with Gasteiger partial charge in [0.1, 0.15) is 28.4 Å². The molecule has 2 heterocycles. The molecule has 4 aromatic rings. The third-order valence-corrected chi connectivity index (χ3v) is 4.18. The molecule has 0 aliphatic heterocycles. The van der Waals surface area contributed by atoms with Gasteiger partial charge in [0.05, 0.1) is 13.3 Å². The van der Waals surface area contributed by atoms with Gasteiger partial charge in [-0.15, -0.1) is 0 Å². The normalized spacial score (nSPS) is 11.7. The molecule has 7 heteroatoms. The van der Waals surface area contributed by atoms with Gasteiger partial charge in [0.25, 0.3) is 5.56 Å². The van der Waals surface area contributed by atoms with Crippen LogP contribution in [0.25, 0.3) is 21.9 Å². The van der Waals surface area contributed by atoms with Crippen LogP contribution in [0.15, 0.2) is 52.4 Å². The second-order valence-corrected chi connectivity index (χ2v) is 5.80. The van der Waals surface area contributed by atoms with E-state index in [4.69, 9.17) is 4.74 Å². The number of H-pyrrole nitrogens is 1. The number of methoxy groups -OCH3 is 1. The Morgan fingerprint density at radius 1 is 1.27 bits per heavy atom. The highest BCUT2D eigenvalue weighted by Crippen LogP contribution is 2.26. The lowest BCUT2D eigenvalue weighted by molar-refractivity contribution is 0.415. The number of rotatable bonds is 3. The Bertz CT molecular complexity index is 1220. The first kappa shape index (κ1) is 16.0. The van der Waals surface area contributed by atoms with Crippen LogP contribution in [-0.2, 0) is 0 Å². The minimum atomic E-state index is -0.409. The topological polar surface area (TPSA) is 72.3 Å². The van der Waals surface area contributed by atoms with Crippen LogP contribution in [0.4, 0.5) is 4.39 Å². The predicted molar refractivity (Wildman–Crippen MR) is 98.5 cm³/mol. The first-order valence-corrected chi connectivity index (χ1v) is 7.96. The number of hydrogen-bond acceptors (Lipinski definition) is 4. The summed E-state index contributed by atoms with van der Waals surface area (Å²) in [5.74, 6) is 0.673. The second kappa shape index (κ2) is 6.11. The number of hydrogen-bond donors (Lipinski definition) is 1. The van der Waals surface area contributed by atoms with Crippen LogP contribution in [0.3, 0.4) is 0 Å². The highest BCUT2D eigenvalue weighted by molar-refractivity contribution is 6.05. The van der Waals surface area contributed by atoms with E-state index < -0.39 is 5.82 Å². The van der Waals surface area contributed by atoms with Crippen molar-refractivity contribution in [2.24, 2.45) is 5.10 Å². The average Bonchev–Trinajstić information content (AvgIpc) is 3.01. The van der Waals surface area contributed by atoms with Crippen molar-refractivity contribution in [3.8, 4) is 5.75 Å². The molecule has 0 bridgehead atoms. The molecule has 0 aliphatic rings. The van der Waals surface area contributed by atoms with E-state index in [1.165, 1.54) is 12.3 Å². The van der Waals surface area contributed by atoms with E-state index in [2.05, 4.69) is 15.1 Å². The lowest BCUT2D eigenvalue weighted by Crippen LogP contribution is -2.20. The Balaban J connectivity index is 1.90. The number of ether oxygens (including phenoxy) is 1. The summed E-state index contributed by atoms with van der Waals surface area (Å²) in [5.41, 5.74) is 1.61. The maximum atomic E-state index is 13.7. The van der Waals surface area contributed by atoms with Crippen molar-refractivity contribution >= 4 is 28.2 Å². The van der Waals surface area contributed by atoms with Crippen molar-refractivity contribution in [3.05, 3.63) is 70.0 Å². The lowest BCUT2D eigenvalue weighted by atomic mass is 10.2. The van der Waals surface area contributed by atoms with E-state index in [0.717, 1.165) is 15.6 Å². The van der Waals surface area contributed by atoms with Crippen molar-refractivity contribution in [1.82, 2.24) is 14.6 Å². The van der Waals surface area contributed by atoms with Crippen LogP contribution < -0.4 is 10.3 Å². The molecule has 0 radical (unpaired) electrons. The summed E-state index contributed by atoms with van der Waals surface area (Å²) in [6.45, 7) is 1.68. The maximum Gasteiger partial charge on any atom is 0.298 e. The van der Waals surface area contributed by atoms with Gasteiger partial charge in [0.15, 0.2) is 0 Å². The van der Waals surface area contributed by atoms with Crippen LogP contribution in [-0.4, -0.2) is 28.0 Å². The van der Waals surface area contributed by atoms with Gasteiger partial charge in [-0.2, -0.15) is 9.78 Å². The highest BCUT2D eigenvalue weighted by atomic mass is 19.1. The summed E-state index contributed by atoms with van der Waals surface area (Å²) in [6.07, 6.45) is 1.31. The molecular weight excluding hydrogens is 335 g/mol. The minimum absolute atomic E-state index is 0.292. The van der Waals surface area contributed by atoms with Crippen molar-refractivity contribution in [1.29, 1.82) is 0 Å². The van der Waals surface area contributed by atoms with Crippen molar-refractivity contribution in [2.45, 2.75) is 6.92 Å². The SMILES string of the molecule is COc1ccc2[nH]c3c(=O)n(/N=C\c4ccccc4F)c(C)nc3c2c1. The van der Waals surface area contributed by atoms with Gasteiger partial charge in [0, 0.05) is 16.5 Å². The van der Waals surface area contributed by atoms with Gasteiger partial charge >= 0.3 is 0 Å². The molecule has 2 aromatic heterocycles. The quantitative estimate of drug-likeness (QED) is 0.577. The fourth-order valence-electron chi connectivity index (χ4n) is 2.85. The van der Waals surface area contributed by atoms with Gasteiger partial charge in [0.2, 0.25) is 0 Å². The molecule has 1 N–H and O–H groups in total. The van der Waals surface area contributed by atoms with Gasteiger partial charge in [-0.1, -0.05) is 18.2 Å². The molecule has 130 valence electrons. The number of aromatic nitrogens is 3. The van der Waals surface area contributed by atoms with Crippen molar-refractivity contribution < 1.29 is 9.13 Å². The molecule has 6 nitrogen and oxygen atoms in total. The lowest BCUT2D eigenvalue weighted by Gasteiger charge is -2.03. The number of fused-ring (bicyclic) bond motifs is 3. The van der Waals surface area contributed by atoms with E-state index >= 15 is 0 Å². The number of halogens is 1. The molecule has 0 saturated heterocycles. The number of aromatic amines is 1. The summed E-state index contributed by atoms with van der Waals surface area (Å²) in [6, 6.07) is 11.7. The Kier molecular flexibility index (Phi) is 3.76. The zero-order chi connectivity index (χ0) is 18.3. The van der Waals surface area contributed by atoms with Crippen LogP contribution >= 0.6 is 0 Å². The van der Waals surface area contributed by atoms with Crippen LogP contribution in [0.1, 0.15) is 11.4 Å². The van der Waals surface area contributed by atoms with Crippen LogP contribution in [0, 0.1) is 12.7 Å². The Hall–Kier alpha value is -3.48. The molecule has 0 aliphatic carbocycles. The maximum absolute atomic E-state index is 13.7. The van der Waals surface area contributed by atoms with Crippen molar-refractivity contribution in [2.75, 3.05) is 7.11 Å². The third kappa shape index (κ3) is 2.54. The fraction of sp³-hybridized carbons (Fsp3) is 0.105. The largest absolute Gasteiger partial charge is 0.497 e. The standard InChI is InChI=1S/C19H15FN4O2/c1-11-22-17-14-9-13(26-2)7-8-16(14)23-18(17)19(25)24(11)21-10-12-5-3-4-6-15(12)20/h3-10,23H,1-2H3/b21-10-. The summed E-state index contributed by atoms with van der Waals surface area (Å²) in [4.78, 5) is 20.4. The zero-order valence-electron chi connectivity index (χ0n) is 14.2. The van der Waals surface area contributed by atoms with E-state index in [9.17, 15) is 9.18 Å². The summed E-state index contributed by atoms with van der Waals surface area (Å²) >= 11 is 0. The van der Waals surface area contributed by atoms with E-state index in [1.807, 2.05) is 12.1 Å². The average molecular weight is 350 g/mol. The third-order valence-electron chi connectivity index (χ3n) is 4.18. The summed E-state index contributed by atoms with van der Waals surface area (Å²) in [7, 11) is 1.58. The van der Waals surface area contributed by atoms with E-state index in [1.54, 1.807) is 38.3 Å². The molecule has 0 fully saturated rings. The number of nitrogens with one attached hydrogen (secondary N) is 1. The summed E-state index contributed by atoms with van der Waals surface area (Å²) in [5, 5.41) is 4.92. The number of nitrogens with zero attached hydrogens (tertiary/aromatic N) is 3. The van der Waals surface area contributed by atoms with E-state index in [0.29, 0.717) is 28.2 Å². The smallest absolute Gasteiger partial charge is 0.298 e. The molecule has 26 heavy (non-hydrogen) atoms. The molecule has 0 saturated carbocycles. The predicted octanol–water partition coefficient (Wildman–Crippen LogP) is 3.22. The number of aryl methyl sites for hydroxylation is 1. The van der Waals surface area contributed by atoms with Gasteiger partial charge in [-0.3, -0.25) is 4.79 Å². The number of benzene rings is 2. The Morgan fingerprint density at radius 2 is 2.08 bits per heavy atom. The molecule has 0 spiro atoms. The molecule has 0 atom stereocenters. The molecule has 4 rings (SSSR count). The molecule has 2 aromatic carbocycles. The van der Waals surface area contributed by atoms with Gasteiger partial charge in [-0.25, -0.2) is 9.37 Å². The fourth-order valence-corrected chi connectivity index (χ4v) is 2.85. The summed E-state index contributed by atoms with van der Waals surface area (Å²) < 4.78 is 20.1. The van der Waals surface area contributed by atoms with Gasteiger partial charge in [-0.05, 0) is 31.2 Å². The first-order valence-electron chi connectivity index (χ1n) is 7.96. The first-order chi connectivity index (χ1) is 12.6. The monoisotopic (exact) mass is 350 g/mol. The zero-order valence-corrected chi connectivity index (χ0v) is 14.2. The molecule has 0 amide bonds. The molecule has 0 unspecified atom stereocenters. The van der Waals surface area contributed by atoms with Crippen LogP contribution in [0.5, 0.6) is 5.75 Å². The minimum Gasteiger partial charge on any atom is -0.497 e. The van der Waals surface area contributed by atoms with Crippen LogP contribution in [0.2, 0.25) is 0 Å². The molecular formula is C19H15FN4O2. The van der Waals surface area contributed by atoms with Gasteiger partial charge < -0.3 is 9.72 Å². The Morgan fingerprint density at radius 3 is 2.85 bits per heavy atom. The second-order valence-electron chi connectivity index (χ2n) is 5.80. The Labute approximate surface area is 147 Å². The highest BCUT2D eigenvalue weighted by Gasteiger charge is 2.14.